The Morgan fingerprint density at radius 2 is 2.07 bits per heavy atom. The molecule has 2 aromatic heterocycles. The van der Waals surface area contributed by atoms with Crippen molar-refractivity contribution in [3.8, 4) is 0 Å². The molecule has 0 radical (unpaired) electrons. The maximum atomic E-state index is 8.53. The fourth-order valence-electron chi connectivity index (χ4n) is 3.55. The maximum Gasteiger partial charge on any atom is 0.128 e. The molecule has 1 saturated heterocycles. The molecule has 0 unspecified atom stereocenters. The van der Waals surface area contributed by atoms with Crippen molar-refractivity contribution >= 4 is 29.3 Å². The molecule has 1 N–H and O–H groups in total. The summed E-state index contributed by atoms with van der Waals surface area (Å²) in [6, 6.07) is 4.39. The number of nitrogens with zero attached hydrogens (tertiary/aromatic N) is 2. The second-order valence-corrected chi connectivity index (χ2v) is 8.15. The van der Waals surface area contributed by atoms with E-state index in [1.165, 1.54) is 41.1 Å². The molecule has 0 amide bonds. The molecule has 0 aromatic carbocycles. The van der Waals surface area contributed by atoms with Crippen molar-refractivity contribution in [2.75, 3.05) is 13.1 Å². The molecule has 3 nitrogen and oxygen atoms in total. The molecule has 2 aromatic rings. The summed E-state index contributed by atoms with van der Waals surface area (Å²) in [7, 11) is 0. The predicted octanol–water partition coefficient (Wildman–Crippen LogP) is 4.35. The van der Waals surface area contributed by atoms with Crippen LogP contribution in [0.15, 0.2) is 35.9 Å². The third-order valence-electron chi connectivity index (χ3n) is 5.12. The maximum absolute atomic E-state index is 8.53. The van der Waals surface area contributed by atoms with Crippen molar-refractivity contribution in [3.05, 3.63) is 56.9 Å². The van der Waals surface area contributed by atoms with Crippen molar-refractivity contribution in [3.63, 3.8) is 0 Å². The summed E-state index contributed by atoms with van der Waals surface area (Å²) in [5, 5.41) is 13.2. The Kier molecular flexibility index (Phi) is 7.11. The smallest absolute Gasteiger partial charge is 0.128 e. The average molecular weight is 382 g/mol. The lowest BCUT2D eigenvalue weighted by atomic mass is 10.1. The number of hydrogen-bond donors (Lipinski definition) is 1. The highest BCUT2D eigenvalue weighted by Gasteiger charge is 2.16. The molecule has 0 aliphatic carbocycles. The molecule has 1 aliphatic rings. The van der Waals surface area contributed by atoms with Gasteiger partial charge in [-0.3, -0.25) is 5.41 Å². The third-order valence-corrected chi connectivity index (χ3v) is 6.04. The number of nitrogens with one attached hydrogen (secondary N) is 1. The van der Waals surface area contributed by atoms with Crippen molar-refractivity contribution in [2.45, 2.75) is 52.5 Å². The van der Waals surface area contributed by atoms with E-state index < -0.39 is 0 Å². The fraction of sp³-hybridized carbons (Fsp3) is 0.435. The Morgan fingerprint density at radius 3 is 2.81 bits per heavy atom. The third kappa shape index (κ3) is 5.01. The first kappa shape index (κ1) is 19.7. The van der Waals surface area contributed by atoms with Gasteiger partial charge in [0.2, 0.25) is 0 Å². The minimum absolute atomic E-state index is 0.696. The molecule has 144 valence electrons. The Bertz CT molecular complexity index is 894. The van der Waals surface area contributed by atoms with Gasteiger partial charge in [-0.15, -0.1) is 11.3 Å². The lowest BCUT2D eigenvalue weighted by Crippen LogP contribution is -2.35. The van der Waals surface area contributed by atoms with Crippen molar-refractivity contribution in [2.24, 2.45) is 0 Å². The van der Waals surface area contributed by atoms with Gasteiger partial charge in [-0.05, 0) is 56.0 Å². The highest BCUT2D eigenvalue weighted by molar-refractivity contribution is 7.10. The molecule has 3 heterocycles. The minimum atomic E-state index is 0.696. The topological polar surface area (TPSA) is 32.0 Å². The molecular weight excluding hydrogens is 350 g/mol. The van der Waals surface area contributed by atoms with E-state index in [0.717, 1.165) is 31.6 Å². The van der Waals surface area contributed by atoms with Gasteiger partial charge in [0, 0.05) is 40.5 Å². The summed E-state index contributed by atoms with van der Waals surface area (Å²) in [5.74, 6) is 0.696. The van der Waals surface area contributed by atoms with Gasteiger partial charge in [0.1, 0.15) is 5.84 Å². The van der Waals surface area contributed by atoms with Crippen LogP contribution < -0.4 is 10.6 Å². The van der Waals surface area contributed by atoms with Gasteiger partial charge in [0.05, 0.1) is 6.54 Å². The Hall–Kier alpha value is -2.07. The second-order valence-electron chi connectivity index (χ2n) is 7.15. The largest absolute Gasteiger partial charge is 0.357 e. The number of aromatic nitrogens is 1. The fourth-order valence-corrected chi connectivity index (χ4v) is 4.42. The van der Waals surface area contributed by atoms with Gasteiger partial charge in [0.25, 0.3) is 0 Å². The lowest BCUT2D eigenvalue weighted by molar-refractivity contribution is 0.341. The van der Waals surface area contributed by atoms with Crippen molar-refractivity contribution < 1.29 is 0 Å². The van der Waals surface area contributed by atoms with Crippen LogP contribution in [0.25, 0.3) is 12.2 Å². The van der Waals surface area contributed by atoms with Crippen LogP contribution in [-0.4, -0.2) is 28.4 Å². The predicted molar refractivity (Wildman–Crippen MR) is 118 cm³/mol. The summed E-state index contributed by atoms with van der Waals surface area (Å²) in [6.45, 7) is 7.21. The number of unbranched alkanes of at least 4 members (excludes halogenated alkanes) is 1. The van der Waals surface area contributed by atoms with Crippen molar-refractivity contribution in [1.82, 2.24) is 9.47 Å². The zero-order chi connectivity index (χ0) is 19.1. The van der Waals surface area contributed by atoms with Crippen LogP contribution in [-0.2, 0) is 6.54 Å². The molecule has 4 heteroatoms. The standard InChI is InChI=1S/C23H31N3S/c1-3-5-6-8-11-22-19(4-2)12-15-26(22)17-21-16-20(18-27-21)23(24)25-13-9-7-10-14-25/h4,6,8,11-12,15-16,18,24H,3,5,7,9-10,13-14,17H2,1-2H3/b8-6-,19-4-,22-11+,24-23?. The van der Waals surface area contributed by atoms with Gasteiger partial charge in [-0.1, -0.05) is 31.6 Å². The zero-order valence-corrected chi connectivity index (χ0v) is 17.4. The molecule has 0 saturated carbocycles. The number of amidine groups is 1. The molecule has 0 atom stereocenters. The van der Waals surface area contributed by atoms with Gasteiger partial charge in [-0.2, -0.15) is 0 Å². The van der Waals surface area contributed by atoms with E-state index in [0.29, 0.717) is 5.84 Å². The summed E-state index contributed by atoms with van der Waals surface area (Å²) in [6.07, 6.45) is 17.0. The number of hydrogen-bond acceptors (Lipinski definition) is 2. The summed E-state index contributed by atoms with van der Waals surface area (Å²) < 4.78 is 2.31. The Labute approximate surface area is 166 Å². The number of likely N-dealkylation sites (tertiary alicyclic amines) is 1. The molecular formula is C23H31N3S. The molecule has 0 bridgehead atoms. The number of allylic oxidation sites excluding steroid dienone is 2. The van der Waals surface area contributed by atoms with Crippen LogP contribution in [0.5, 0.6) is 0 Å². The molecule has 3 rings (SSSR count). The SMILES string of the molecule is C/C=c1/ccn(Cc2cc(C(=N)N3CCCCC3)cs2)/c1=C/C=C\CCC. The van der Waals surface area contributed by atoms with Crippen LogP contribution in [0.4, 0.5) is 0 Å². The van der Waals surface area contributed by atoms with Crippen LogP contribution in [0.3, 0.4) is 0 Å². The zero-order valence-electron chi connectivity index (χ0n) is 16.6. The van der Waals surface area contributed by atoms with Gasteiger partial charge in [-0.25, -0.2) is 0 Å². The van der Waals surface area contributed by atoms with E-state index in [1.807, 2.05) is 0 Å². The average Bonchev–Trinajstić information content (AvgIpc) is 3.33. The first-order valence-corrected chi connectivity index (χ1v) is 11.0. The van der Waals surface area contributed by atoms with Crippen LogP contribution >= 0.6 is 11.3 Å². The number of piperidine rings is 1. The number of rotatable bonds is 6. The highest BCUT2D eigenvalue weighted by atomic mass is 32.1. The lowest BCUT2D eigenvalue weighted by Gasteiger charge is -2.28. The minimum Gasteiger partial charge on any atom is -0.357 e. The van der Waals surface area contributed by atoms with E-state index in [1.54, 1.807) is 11.3 Å². The monoisotopic (exact) mass is 381 g/mol. The van der Waals surface area contributed by atoms with Crippen LogP contribution in [0, 0.1) is 5.41 Å². The van der Waals surface area contributed by atoms with Gasteiger partial charge in [0.15, 0.2) is 0 Å². The van der Waals surface area contributed by atoms with E-state index in [2.05, 4.69) is 71.3 Å². The van der Waals surface area contributed by atoms with E-state index in [4.69, 9.17) is 5.41 Å². The Balaban J connectivity index is 1.77. The van der Waals surface area contributed by atoms with Crippen LogP contribution in [0.1, 0.15) is 56.4 Å². The van der Waals surface area contributed by atoms with Crippen molar-refractivity contribution in [1.29, 1.82) is 5.41 Å². The van der Waals surface area contributed by atoms with E-state index in [-0.39, 0.29) is 0 Å². The molecule has 1 aliphatic heterocycles. The second kappa shape index (κ2) is 9.75. The quantitative estimate of drug-likeness (QED) is 0.586. The first-order chi connectivity index (χ1) is 13.2. The highest BCUT2D eigenvalue weighted by Crippen LogP contribution is 2.19. The van der Waals surface area contributed by atoms with Gasteiger partial charge < -0.3 is 9.47 Å². The first-order valence-electron chi connectivity index (χ1n) is 10.1. The summed E-state index contributed by atoms with van der Waals surface area (Å²) in [4.78, 5) is 3.53. The normalized spacial score (nSPS) is 16.6. The van der Waals surface area contributed by atoms with Crippen LogP contribution in [0.2, 0.25) is 0 Å². The van der Waals surface area contributed by atoms with E-state index in [9.17, 15) is 0 Å². The molecule has 27 heavy (non-hydrogen) atoms. The molecule has 1 fully saturated rings. The van der Waals surface area contributed by atoms with E-state index >= 15 is 0 Å². The van der Waals surface area contributed by atoms with Gasteiger partial charge >= 0.3 is 0 Å². The summed E-state index contributed by atoms with van der Waals surface area (Å²) >= 11 is 1.76. The number of thiophene rings is 1. The Morgan fingerprint density at radius 1 is 1.26 bits per heavy atom. The molecule has 0 spiro atoms. The summed E-state index contributed by atoms with van der Waals surface area (Å²) in [5.41, 5.74) is 1.07.